The van der Waals surface area contributed by atoms with Gasteiger partial charge in [0.1, 0.15) is 0 Å². The molecule has 0 radical (unpaired) electrons. The van der Waals surface area contributed by atoms with Crippen LogP contribution in [-0.2, 0) is 13.1 Å². The lowest BCUT2D eigenvalue weighted by atomic mass is 10.3. The van der Waals surface area contributed by atoms with Gasteiger partial charge >= 0.3 is 5.91 Å². The van der Waals surface area contributed by atoms with Gasteiger partial charge in [-0.2, -0.15) is 4.73 Å². The molecule has 3 aromatic rings. The molecule has 0 saturated carbocycles. The number of hydrogen-bond acceptors (Lipinski definition) is 4. The molecule has 0 saturated heterocycles. The second-order valence-corrected chi connectivity index (χ2v) is 6.80. The fraction of sp³-hybridized carbons (Fsp3) is 0.125. The summed E-state index contributed by atoms with van der Waals surface area (Å²) in [6.45, 7) is 1.01. The number of carbonyl (C=O) groups excluding carboxylic acids is 1. The first-order valence-electron chi connectivity index (χ1n) is 6.76. The molecule has 0 fully saturated rings. The molecular weight excluding hydrogens is 316 g/mol. The molecule has 0 N–H and O–H groups in total. The van der Waals surface area contributed by atoms with Crippen LogP contribution >= 0.6 is 22.7 Å². The Bertz CT molecular complexity index is 703. The van der Waals surface area contributed by atoms with E-state index in [1.807, 2.05) is 35.0 Å². The number of hydrogen-bond donors (Lipinski definition) is 0. The van der Waals surface area contributed by atoms with Crippen molar-refractivity contribution in [3.63, 3.8) is 0 Å². The molecule has 0 atom stereocenters. The molecule has 22 heavy (non-hydrogen) atoms. The lowest BCUT2D eigenvalue weighted by Gasteiger charge is -2.20. The molecule has 4 nitrogen and oxygen atoms in total. The molecule has 0 unspecified atom stereocenters. The van der Waals surface area contributed by atoms with Crippen molar-refractivity contribution in [3.8, 4) is 0 Å². The molecule has 3 aromatic heterocycles. The number of carbonyl (C=O) groups is 1. The topological polar surface area (TPSA) is 47.2 Å². The third-order valence-corrected chi connectivity index (χ3v) is 4.91. The molecule has 0 aliphatic carbocycles. The van der Waals surface area contributed by atoms with Gasteiger partial charge in [-0.1, -0.05) is 12.1 Å². The predicted molar refractivity (Wildman–Crippen MR) is 87.6 cm³/mol. The van der Waals surface area contributed by atoms with Crippen molar-refractivity contribution in [1.29, 1.82) is 0 Å². The van der Waals surface area contributed by atoms with Crippen molar-refractivity contribution in [2.75, 3.05) is 0 Å². The van der Waals surface area contributed by atoms with Crippen LogP contribution < -0.4 is 4.73 Å². The van der Waals surface area contributed by atoms with Crippen LogP contribution in [0.2, 0.25) is 0 Å². The summed E-state index contributed by atoms with van der Waals surface area (Å²) in [7, 11) is 0. The Labute approximate surface area is 136 Å². The summed E-state index contributed by atoms with van der Waals surface area (Å²) in [4.78, 5) is 16.6. The fourth-order valence-corrected chi connectivity index (χ4v) is 3.58. The fourth-order valence-electron chi connectivity index (χ4n) is 2.14. The standard InChI is InChI=1S/C16H14N2O2S2/c19-16(15-7-1-2-8-18(15)20)17(11-13-5-3-9-21-13)12-14-6-4-10-22-14/h1-10H,11-12H2. The second-order valence-electron chi connectivity index (χ2n) is 4.73. The highest BCUT2D eigenvalue weighted by molar-refractivity contribution is 7.10. The van der Waals surface area contributed by atoms with Crippen LogP contribution in [0.1, 0.15) is 20.2 Å². The van der Waals surface area contributed by atoms with Gasteiger partial charge in [-0.15, -0.1) is 22.7 Å². The van der Waals surface area contributed by atoms with Crippen molar-refractivity contribution in [2.24, 2.45) is 0 Å². The second kappa shape index (κ2) is 6.72. The average molecular weight is 330 g/mol. The van der Waals surface area contributed by atoms with E-state index < -0.39 is 0 Å². The third kappa shape index (κ3) is 3.35. The quantitative estimate of drug-likeness (QED) is 0.532. The van der Waals surface area contributed by atoms with E-state index in [0.717, 1.165) is 9.75 Å². The molecule has 3 heterocycles. The maximum absolute atomic E-state index is 12.7. The molecule has 0 aliphatic rings. The highest BCUT2D eigenvalue weighted by Crippen LogP contribution is 2.18. The average Bonchev–Trinajstić information content (AvgIpc) is 3.20. The number of nitrogens with zero attached hydrogens (tertiary/aromatic N) is 2. The van der Waals surface area contributed by atoms with Crippen LogP contribution in [0.25, 0.3) is 0 Å². The summed E-state index contributed by atoms with van der Waals surface area (Å²) >= 11 is 3.21. The van der Waals surface area contributed by atoms with E-state index in [9.17, 15) is 10.0 Å². The lowest BCUT2D eigenvalue weighted by molar-refractivity contribution is -0.608. The smallest absolute Gasteiger partial charge is 0.320 e. The van der Waals surface area contributed by atoms with Crippen LogP contribution in [0, 0.1) is 5.21 Å². The van der Waals surface area contributed by atoms with Crippen LogP contribution in [-0.4, -0.2) is 10.8 Å². The summed E-state index contributed by atoms with van der Waals surface area (Å²) < 4.78 is 0.623. The van der Waals surface area contributed by atoms with Gasteiger partial charge in [0.15, 0.2) is 6.20 Å². The van der Waals surface area contributed by atoms with Gasteiger partial charge in [0.2, 0.25) is 0 Å². The van der Waals surface area contributed by atoms with E-state index in [2.05, 4.69) is 0 Å². The zero-order valence-electron chi connectivity index (χ0n) is 11.7. The largest absolute Gasteiger partial charge is 0.618 e. The summed E-state index contributed by atoms with van der Waals surface area (Å²) in [5.41, 5.74) is 0.149. The number of aromatic nitrogens is 1. The van der Waals surface area contributed by atoms with Gasteiger partial charge in [0.25, 0.3) is 5.69 Å². The van der Waals surface area contributed by atoms with Crippen molar-refractivity contribution < 1.29 is 9.52 Å². The molecule has 0 aliphatic heterocycles. The van der Waals surface area contributed by atoms with E-state index in [1.54, 1.807) is 45.8 Å². The first-order chi connectivity index (χ1) is 10.7. The van der Waals surface area contributed by atoms with Gasteiger partial charge in [0.05, 0.1) is 13.1 Å². The molecule has 6 heteroatoms. The van der Waals surface area contributed by atoms with E-state index in [1.165, 1.54) is 6.20 Å². The van der Waals surface area contributed by atoms with Gasteiger partial charge in [-0.05, 0) is 29.0 Å². The molecule has 3 rings (SSSR count). The molecule has 1 amide bonds. The van der Waals surface area contributed by atoms with Crippen LogP contribution in [0.3, 0.4) is 0 Å². The number of rotatable bonds is 5. The first-order valence-corrected chi connectivity index (χ1v) is 8.52. The van der Waals surface area contributed by atoms with Crippen molar-refractivity contribution in [2.45, 2.75) is 13.1 Å². The Morgan fingerprint density at radius 2 is 1.64 bits per heavy atom. The SMILES string of the molecule is O=C(c1cccc[n+]1[O-])N(Cc1cccs1)Cc1cccs1. The summed E-state index contributed by atoms with van der Waals surface area (Å²) in [5.74, 6) is -0.252. The minimum atomic E-state index is -0.252. The summed E-state index contributed by atoms with van der Waals surface area (Å²) in [5, 5.41) is 15.8. The Morgan fingerprint density at radius 3 is 2.14 bits per heavy atom. The third-order valence-electron chi connectivity index (χ3n) is 3.18. The van der Waals surface area contributed by atoms with E-state index >= 15 is 0 Å². The Hall–Kier alpha value is -2.18. The molecular formula is C16H14N2O2S2. The zero-order valence-corrected chi connectivity index (χ0v) is 13.3. The lowest BCUT2D eigenvalue weighted by Crippen LogP contribution is -2.40. The predicted octanol–water partition coefficient (Wildman–Crippen LogP) is 3.29. The monoisotopic (exact) mass is 330 g/mol. The molecule has 0 spiro atoms. The van der Waals surface area contributed by atoms with Gasteiger partial charge in [-0.3, -0.25) is 4.79 Å². The summed E-state index contributed by atoms with van der Waals surface area (Å²) in [6.07, 6.45) is 1.35. The minimum absolute atomic E-state index is 0.149. The first kappa shape index (κ1) is 14.7. The van der Waals surface area contributed by atoms with Crippen molar-refractivity contribution in [1.82, 2.24) is 4.90 Å². The summed E-state index contributed by atoms with van der Waals surface area (Å²) in [6, 6.07) is 12.8. The number of pyridine rings is 1. The van der Waals surface area contributed by atoms with E-state index in [0.29, 0.717) is 17.8 Å². The minimum Gasteiger partial charge on any atom is -0.618 e. The maximum atomic E-state index is 12.7. The molecule has 0 bridgehead atoms. The van der Waals surface area contributed by atoms with Gasteiger partial charge in [-0.25, -0.2) is 0 Å². The van der Waals surface area contributed by atoms with E-state index in [-0.39, 0.29) is 11.6 Å². The van der Waals surface area contributed by atoms with Crippen molar-refractivity contribution in [3.05, 3.63) is 80.1 Å². The number of amides is 1. The normalized spacial score (nSPS) is 10.5. The van der Waals surface area contributed by atoms with Crippen LogP contribution in [0.4, 0.5) is 0 Å². The molecule has 112 valence electrons. The number of thiophene rings is 2. The van der Waals surface area contributed by atoms with E-state index in [4.69, 9.17) is 0 Å². The Kier molecular flexibility index (Phi) is 4.50. The Morgan fingerprint density at radius 1 is 1.00 bits per heavy atom. The van der Waals surface area contributed by atoms with Gasteiger partial charge in [0, 0.05) is 21.9 Å². The zero-order chi connectivity index (χ0) is 15.4. The van der Waals surface area contributed by atoms with Gasteiger partial charge < -0.3 is 10.1 Å². The van der Waals surface area contributed by atoms with Crippen LogP contribution in [0.15, 0.2) is 59.4 Å². The molecule has 0 aromatic carbocycles. The van der Waals surface area contributed by atoms with Crippen molar-refractivity contribution >= 4 is 28.6 Å². The highest BCUT2D eigenvalue weighted by atomic mass is 32.1. The highest BCUT2D eigenvalue weighted by Gasteiger charge is 2.23. The Balaban J connectivity index is 1.87. The van der Waals surface area contributed by atoms with Crippen LogP contribution in [0.5, 0.6) is 0 Å². The maximum Gasteiger partial charge on any atom is 0.320 e.